The van der Waals surface area contributed by atoms with Gasteiger partial charge in [0.1, 0.15) is 18.2 Å². The zero-order chi connectivity index (χ0) is 20.1. The van der Waals surface area contributed by atoms with Crippen molar-refractivity contribution in [2.45, 2.75) is 12.6 Å². The zero-order valence-corrected chi connectivity index (χ0v) is 15.0. The highest BCUT2D eigenvalue weighted by Crippen LogP contribution is 2.21. The van der Waals surface area contributed by atoms with Gasteiger partial charge in [-0.15, -0.1) is 0 Å². The van der Waals surface area contributed by atoms with E-state index in [2.05, 4.69) is 4.98 Å². The highest BCUT2D eigenvalue weighted by atomic mass is 19.1. The van der Waals surface area contributed by atoms with Crippen molar-refractivity contribution in [3.05, 3.63) is 53.3 Å². The number of ether oxygens (including phenoxy) is 1. The number of nitriles is 1. The number of hydrogen-bond acceptors (Lipinski definition) is 6. The van der Waals surface area contributed by atoms with Crippen molar-refractivity contribution in [1.82, 2.24) is 9.88 Å². The van der Waals surface area contributed by atoms with E-state index in [9.17, 15) is 19.4 Å². The summed E-state index contributed by atoms with van der Waals surface area (Å²) in [5, 5.41) is 27.4. The average molecular weight is 386 g/mol. The molecule has 2 aromatic rings. The normalized spacial score (nSPS) is 16.5. The van der Waals surface area contributed by atoms with Crippen LogP contribution in [0.2, 0.25) is 0 Å². The minimum absolute atomic E-state index is 0.0416. The van der Waals surface area contributed by atoms with Crippen LogP contribution in [0.4, 0.5) is 15.0 Å². The molecule has 146 valence electrons. The average Bonchev–Trinajstić information content (AvgIpc) is 2.72. The van der Waals surface area contributed by atoms with Gasteiger partial charge in [0.25, 0.3) is 0 Å². The first-order valence-electron chi connectivity index (χ1n) is 8.65. The quantitative estimate of drug-likeness (QED) is 0.807. The molecule has 9 heteroatoms. The molecular weight excluding hydrogens is 367 g/mol. The highest BCUT2D eigenvalue weighted by Gasteiger charge is 2.30. The van der Waals surface area contributed by atoms with Crippen molar-refractivity contribution >= 4 is 11.9 Å². The minimum Gasteiger partial charge on any atom is -0.473 e. The van der Waals surface area contributed by atoms with E-state index < -0.39 is 18.0 Å². The van der Waals surface area contributed by atoms with Crippen LogP contribution < -0.4 is 9.64 Å². The van der Waals surface area contributed by atoms with Gasteiger partial charge in [0.15, 0.2) is 0 Å². The van der Waals surface area contributed by atoms with Gasteiger partial charge in [-0.25, -0.2) is 9.18 Å². The highest BCUT2D eigenvalue weighted by molar-refractivity contribution is 5.66. The van der Waals surface area contributed by atoms with E-state index in [1.54, 1.807) is 18.2 Å². The molecule has 1 atom stereocenters. The van der Waals surface area contributed by atoms with Gasteiger partial charge in [0.05, 0.1) is 24.3 Å². The smallest absolute Gasteiger partial charge is 0.407 e. The van der Waals surface area contributed by atoms with Gasteiger partial charge in [-0.3, -0.25) is 4.90 Å². The van der Waals surface area contributed by atoms with Crippen LogP contribution in [0.25, 0.3) is 0 Å². The Morgan fingerprint density at radius 1 is 1.36 bits per heavy atom. The Kier molecular flexibility index (Phi) is 5.91. The summed E-state index contributed by atoms with van der Waals surface area (Å²) in [6.07, 6.45) is -1.06. The van der Waals surface area contributed by atoms with E-state index >= 15 is 0 Å². The standard InChI is InChI=1S/C19H19FN4O4/c20-16-8-13(9-21)4-5-14(16)12-28-18-3-1-2-17(22-18)23-6-7-24(19(26)27)15(10-23)11-25/h1-5,8,15,25H,6-7,10-12H2,(H,26,27)/t15-/m1/s1. The first kappa shape index (κ1) is 19.4. The van der Waals surface area contributed by atoms with Gasteiger partial charge < -0.3 is 19.8 Å². The summed E-state index contributed by atoms with van der Waals surface area (Å²) in [7, 11) is 0. The number of hydrogen-bond donors (Lipinski definition) is 2. The number of rotatable bonds is 5. The summed E-state index contributed by atoms with van der Waals surface area (Å²) in [5.74, 6) is 0.356. The van der Waals surface area contributed by atoms with Crippen molar-refractivity contribution in [3.8, 4) is 11.9 Å². The Bertz CT molecular complexity index is 902. The topological polar surface area (TPSA) is 110 Å². The zero-order valence-electron chi connectivity index (χ0n) is 15.0. The molecule has 8 nitrogen and oxygen atoms in total. The number of aromatic nitrogens is 1. The van der Waals surface area contributed by atoms with E-state index in [1.807, 2.05) is 11.0 Å². The molecule has 0 radical (unpaired) electrons. The molecule has 1 amide bonds. The Labute approximate surface area is 161 Å². The van der Waals surface area contributed by atoms with Gasteiger partial charge in [-0.05, 0) is 18.2 Å². The lowest BCUT2D eigenvalue weighted by Gasteiger charge is -2.39. The Morgan fingerprint density at radius 2 is 2.18 bits per heavy atom. The third-order valence-electron chi connectivity index (χ3n) is 4.53. The summed E-state index contributed by atoms with van der Waals surface area (Å²) in [4.78, 5) is 18.7. The summed E-state index contributed by atoms with van der Waals surface area (Å²) in [6.45, 7) is 0.674. The van der Waals surface area contributed by atoms with E-state index in [0.29, 0.717) is 30.4 Å². The number of carboxylic acid groups (broad SMARTS) is 1. The van der Waals surface area contributed by atoms with Crippen molar-refractivity contribution in [1.29, 1.82) is 5.26 Å². The van der Waals surface area contributed by atoms with E-state index in [1.165, 1.54) is 17.0 Å². The first-order valence-corrected chi connectivity index (χ1v) is 8.65. The fourth-order valence-corrected chi connectivity index (χ4v) is 3.02. The van der Waals surface area contributed by atoms with Gasteiger partial charge >= 0.3 is 6.09 Å². The number of piperazine rings is 1. The number of pyridine rings is 1. The van der Waals surface area contributed by atoms with Crippen molar-refractivity contribution in [2.24, 2.45) is 0 Å². The number of anilines is 1. The Morgan fingerprint density at radius 3 is 2.86 bits per heavy atom. The number of benzene rings is 1. The Balaban J connectivity index is 1.67. The number of aliphatic hydroxyl groups is 1. The first-order chi connectivity index (χ1) is 13.5. The molecule has 0 saturated carbocycles. The van der Waals surface area contributed by atoms with Gasteiger partial charge in [-0.2, -0.15) is 10.2 Å². The summed E-state index contributed by atoms with van der Waals surface area (Å²) in [6, 6.07) is 10.6. The third-order valence-corrected chi connectivity index (χ3v) is 4.53. The van der Waals surface area contributed by atoms with Crippen LogP contribution in [-0.2, 0) is 6.61 Å². The monoisotopic (exact) mass is 386 g/mol. The SMILES string of the molecule is N#Cc1ccc(COc2cccc(N3CCN(C(=O)O)[C@@H](CO)C3)n2)c(F)c1. The lowest BCUT2D eigenvalue weighted by molar-refractivity contribution is 0.0908. The number of nitrogens with zero attached hydrogens (tertiary/aromatic N) is 4. The van der Waals surface area contributed by atoms with E-state index in [0.717, 1.165) is 6.07 Å². The van der Waals surface area contributed by atoms with E-state index in [-0.39, 0.29) is 25.3 Å². The fraction of sp³-hybridized carbons (Fsp3) is 0.316. The summed E-state index contributed by atoms with van der Waals surface area (Å²) >= 11 is 0. The molecular formula is C19H19FN4O4. The second-order valence-corrected chi connectivity index (χ2v) is 6.30. The Hall–Kier alpha value is -3.38. The number of carbonyl (C=O) groups is 1. The van der Waals surface area contributed by atoms with Crippen LogP contribution in [-0.4, -0.2) is 58.5 Å². The lowest BCUT2D eigenvalue weighted by Crippen LogP contribution is -2.56. The molecule has 2 heterocycles. The lowest BCUT2D eigenvalue weighted by atomic mass is 10.1. The molecule has 0 spiro atoms. The number of aliphatic hydroxyl groups excluding tert-OH is 1. The fourth-order valence-electron chi connectivity index (χ4n) is 3.02. The molecule has 0 unspecified atom stereocenters. The molecule has 0 aliphatic carbocycles. The van der Waals surface area contributed by atoms with Gasteiger partial charge in [0, 0.05) is 31.3 Å². The predicted octanol–water partition coefficient (Wildman–Crippen LogP) is 1.83. The van der Waals surface area contributed by atoms with Crippen LogP contribution >= 0.6 is 0 Å². The molecule has 1 aliphatic rings. The third kappa shape index (κ3) is 4.29. The molecule has 1 aliphatic heterocycles. The largest absolute Gasteiger partial charge is 0.473 e. The second-order valence-electron chi connectivity index (χ2n) is 6.30. The molecule has 1 fully saturated rings. The molecule has 1 aromatic carbocycles. The van der Waals surface area contributed by atoms with Crippen LogP contribution in [0.1, 0.15) is 11.1 Å². The van der Waals surface area contributed by atoms with Gasteiger partial charge in [-0.1, -0.05) is 12.1 Å². The van der Waals surface area contributed by atoms with Crippen molar-refractivity contribution in [2.75, 3.05) is 31.1 Å². The van der Waals surface area contributed by atoms with Crippen LogP contribution in [0.5, 0.6) is 5.88 Å². The number of halogens is 1. The van der Waals surface area contributed by atoms with E-state index in [4.69, 9.17) is 10.00 Å². The maximum atomic E-state index is 14.0. The molecule has 1 aromatic heterocycles. The maximum absolute atomic E-state index is 14.0. The maximum Gasteiger partial charge on any atom is 0.407 e. The predicted molar refractivity (Wildman–Crippen MR) is 97.5 cm³/mol. The van der Waals surface area contributed by atoms with Crippen molar-refractivity contribution < 1.29 is 24.1 Å². The van der Waals surface area contributed by atoms with Crippen LogP contribution in [0.3, 0.4) is 0 Å². The van der Waals surface area contributed by atoms with Crippen LogP contribution in [0.15, 0.2) is 36.4 Å². The molecule has 28 heavy (non-hydrogen) atoms. The van der Waals surface area contributed by atoms with Gasteiger partial charge in [0.2, 0.25) is 5.88 Å². The molecule has 3 rings (SSSR count). The van der Waals surface area contributed by atoms with Crippen molar-refractivity contribution in [3.63, 3.8) is 0 Å². The summed E-state index contributed by atoms with van der Waals surface area (Å²) < 4.78 is 19.5. The number of amides is 1. The molecule has 0 bridgehead atoms. The second kappa shape index (κ2) is 8.54. The summed E-state index contributed by atoms with van der Waals surface area (Å²) in [5.41, 5.74) is 0.543. The molecule has 1 saturated heterocycles. The minimum atomic E-state index is -1.06. The van der Waals surface area contributed by atoms with Crippen LogP contribution in [0, 0.1) is 17.1 Å². The molecule has 2 N–H and O–H groups in total.